The number of fused-ring (bicyclic) bond motifs is 1. The summed E-state index contributed by atoms with van der Waals surface area (Å²) in [5.74, 6) is 0.370. The van der Waals surface area contributed by atoms with Crippen molar-refractivity contribution >= 4 is 17.3 Å². The van der Waals surface area contributed by atoms with E-state index >= 15 is 0 Å². The Morgan fingerprint density at radius 1 is 1.32 bits per heavy atom. The summed E-state index contributed by atoms with van der Waals surface area (Å²) >= 11 is 0. The fraction of sp³-hybridized carbons (Fsp3) is 0.250. The van der Waals surface area contributed by atoms with Crippen LogP contribution in [0, 0.1) is 0 Å². The Morgan fingerprint density at radius 2 is 2.16 bits per heavy atom. The maximum Gasteiger partial charge on any atom is 0.250 e. The van der Waals surface area contributed by atoms with Crippen LogP contribution in [0.2, 0.25) is 0 Å². The van der Waals surface area contributed by atoms with Crippen LogP contribution in [0.25, 0.3) is 0 Å². The number of para-hydroxylation sites is 1. The van der Waals surface area contributed by atoms with Crippen molar-refractivity contribution in [2.24, 2.45) is 5.73 Å². The Labute approximate surface area is 109 Å². The van der Waals surface area contributed by atoms with Crippen LogP contribution >= 0.6 is 0 Å². The summed E-state index contributed by atoms with van der Waals surface area (Å²) in [6.45, 7) is 2.20. The Balaban J connectivity index is 1.96. The largest absolute Gasteiger partial charge is 0.396 e. The molecule has 19 heavy (non-hydrogen) atoms. The normalized spacial score (nSPS) is 14.2. The molecule has 1 aromatic carbocycles. The van der Waals surface area contributed by atoms with Crippen molar-refractivity contribution in [3.8, 4) is 0 Å². The number of nitrogen functional groups attached to an aromatic ring is 1. The number of rotatable bonds is 2. The zero-order chi connectivity index (χ0) is 13.4. The number of hydrogen-bond acceptors (Lipinski definition) is 5. The van der Waals surface area contributed by atoms with E-state index in [1.807, 2.05) is 10.6 Å². The number of amides is 1. The molecule has 1 aromatic heterocycles. The van der Waals surface area contributed by atoms with E-state index in [0.717, 1.165) is 24.6 Å². The standard InChI is InChI=1S/C12H14N6O/c13-11-8(12(14)19)2-1-3-9(11)17-4-5-18-7-15-16-10(18)6-17/h1-3,7H,4-6,13H2,(H2,14,19). The molecule has 0 fully saturated rings. The van der Waals surface area contributed by atoms with Crippen LogP contribution in [0.3, 0.4) is 0 Å². The van der Waals surface area contributed by atoms with Crippen LogP contribution in [0.1, 0.15) is 16.2 Å². The molecular formula is C12H14N6O. The van der Waals surface area contributed by atoms with Gasteiger partial charge in [0.25, 0.3) is 5.91 Å². The predicted octanol–water partition coefficient (Wildman–Crippen LogP) is -0.0206. The molecule has 1 aliphatic rings. The van der Waals surface area contributed by atoms with Gasteiger partial charge in [-0.15, -0.1) is 10.2 Å². The number of primary amides is 1. The summed E-state index contributed by atoms with van der Waals surface area (Å²) in [6.07, 6.45) is 1.72. The third-order valence-electron chi connectivity index (χ3n) is 3.33. The zero-order valence-electron chi connectivity index (χ0n) is 10.3. The van der Waals surface area contributed by atoms with Gasteiger partial charge in [0.1, 0.15) is 6.33 Å². The Hall–Kier alpha value is -2.57. The quantitative estimate of drug-likeness (QED) is 0.737. The number of hydrogen-bond donors (Lipinski definition) is 2. The molecule has 3 rings (SSSR count). The fourth-order valence-corrected chi connectivity index (χ4v) is 2.32. The lowest BCUT2D eigenvalue weighted by Gasteiger charge is -2.30. The lowest BCUT2D eigenvalue weighted by Crippen LogP contribution is -2.34. The SMILES string of the molecule is NC(=O)c1cccc(N2CCn3cnnc3C2)c1N. The molecule has 2 aromatic rings. The van der Waals surface area contributed by atoms with Crippen LogP contribution < -0.4 is 16.4 Å². The first-order valence-electron chi connectivity index (χ1n) is 5.96. The van der Waals surface area contributed by atoms with E-state index in [9.17, 15) is 4.79 Å². The minimum atomic E-state index is -0.514. The van der Waals surface area contributed by atoms with E-state index in [-0.39, 0.29) is 0 Å². The summed E-state index contributed by atoms with van der Waals surface area (Å²) in [5.41, 5.74) is 12.9. The van der Waals surface area contributed by atoms with Crippen molar-refractivity contribution < 1.29 is 4.79 Å². The van der Waals surface area contributed by atoms with Gasteiger partial charge < -0.3 is 20.9 Å². The van der Waals surface area contributed by atoms with Crippen molar-refractivity contribution in [2.75, 3.05) is 17.2 Å². The minimum absolute atomic E-state index is 0.351. The van der Waals surface area contributed by atoms with Gasteiger partial charge in [-0.05, 0) is 12.1 Å². The van der Waals surface area contributed by atoms with Crippen LogP contribution in [-0.2, 0) is 13.1 Å². The number of aromatic nitrogens is 3. The van der Waals surface area contributed by atoms with E-state index in [1.54, 1.807) is 18.5 Å². The molecule has 0 saturated carbocycles. The van der Waals surface area contributed by atoms with Gasteiger partial charge in [-0.3, -0.25) is 4.79 Å². The topological polar surface area (TPSA) is 103 Å². The summed E-state index contributed by atoms with van der Waals surface area (Å²) in [4.78, 5) is 13.4. The molecule has 7 heteroatoms. The van der Waals surface area contributed by atoms with Crippen molar-refractivity contribution in [2.45, 2.75) is 13.1 Å². The lowest BCUT2D eigenvalue weighted by molar-refractivity contribution is 0.100. The summed E-state index contributed by atoms with van der Waals surface area (Å²) in [5, 5.41) is 7.94. The average molecular weight is 258 g/mol. The van der Waals surface area contributed by atoms with Gasteiger partial charge in [0.05, 0.1) is 23.5 Å². The molecular weight excluding hydrogens is 244 g/mol. The molecule has 0 radical (unpaired) electrons. The maximum absolute atomic E-state index is 11.3. The molecule has 1 aliphatic heterocycles. The Morgan fingerprint density at radius 3 is 2.95 bits per heavy atom. The third-order valence-corrected chi connectivity index (χ3v) is 3.33. The zero-order valence-corrected chi connectivity index (χ0v) is 10.3. The molecule has 0 spiro atoms. The van der Waals surface area contributed by atoms with Crippen molar-refractivity contribution in [3.63, 3.8) is 0 Å². The maximum atomic E-state index is 11.3. The fourth-order valence-electron chi connectivity index (χ4n) is 2.32. The van der Waals surface area contributed by atoms with E-state index in [0.29, 0.717) is 17.8 Å². The highest BCUT2D eigenvalue weighted by molar-refractivity contribution is 6.00. The molecule has 0 atom stereocenters. The predicted molar refractivity (Wildman–Crippen MR) is 70.4 cm³/mol. The number of nitrogens with two attached hydrogens (primary N) is 2. The highest BCUT2D eigenvalue weighted by atomic mass is 16.1. The molecule has 0 aliphatic carbocycles. The highest BCUT2D eigenvalue weighted by Gasteiger charge is 2.21. The first-order valence-corrected chi connectivity index (χ1v) is 5.96. The van der Waals surface area contributed by atoms with Crippen molar-refractivity contribution in [1.82, 2.24) is 14.8 Å². The lowest BCUT2D eigenvalue weighted by atomic mass is 10.1. The number of carbonyl (C=O) groups is 1. The van der Waals surface area contributed by atoms with Gasteiger partial charge >= 0.3 is 0 Å². The smallest absolute Gasteiger partial charge is 0.250 e. The second-order valence-corrected chi connectivity index (χ2v) is 4.46. The van der Waals surface area contributed by atoms with E-state index < -0.39 is 5.91 Å². The second kappa shape index (κ2) is 4.27. The first-order chi connectivity index (χ1) is 9.16. The summed E-state index contributed by atoms with van der Waals surface area (Å²) in [7, 11) is 0. The third kappa shape index (κ3) is 1.88. The van der Waals surface area contributed by atoms with Gasteiger partial charge in [-0.2, -0.15) is 0 Å². The molecule has 0 unspecified atom stereocenters. The van der Waals surface area contributed by atoms with Crippen molar-refractivity contribution in [1.29, 1.82) is 0 Å². The number of benzene rings is 1. The summed E-state index contributed by atoms with van der Waals surface area (Å²) < 4.78 is 2.00. The average Bonchev–Trinajstić information content (AvgIpc) is 2.85. The van der Waals surface area contributed by atoms with Crippen LogP contribution in [-0.4, -0.2) is 27.2 Å². The molecule has 4 N–H and O–H groups in total. The molecule has 0 bridgehead atoms. The van der Waals surface area contributed by atoms with Gasteiger partial charge in [0, 0.05) is 13.1 Å². The van der Waals surface area contributed by atoms with E-state index in [1.165, 1.54) is 0 Å². The Bertz CT molecular complexity index is 635. The van der Waals surface area contributed by atoms with Crippen LogP contribution in [0.15, 0.2) is 24.5 Å². The van der Waals surface area contributed by atoms with Gasteiger partial charge in [0.15, 0.2) is 5.82 Å². The van der Waals surface area contributed by atoms with Gasteiger partial charge in [-0.25, -0.2) is 0 Å². The first kappa shape index (κ1) is 11.5. The molecule has 0 saturated heterocycles. The monoisotopic (exact) mass is 258 g/mol. The number of anilines is 2. The number of nitrogens with zero attached hydrogens (tertiary/aromatic N) is 4. The minimum Gasteiger partial charge on any atom is -0.396 e. The van der Waals surface area contributed by atoms with Crippen molar-refractivity contribution in [3.05, 3.63) is 35.9 Å². The highest BCUT2D eigenvalue weighted by Crippen LogP contribution is 2.28. The van der Waals surface area contributed by atoms with Gasteiger partial charge in [0.2, 0.25) is 0 Å². The van der Waals surface area contributed by atoms with Crippen LogP contribution in [0.5, 0.6) is 0 Å². The number of carbonyl (C=O) groups excluding carboxylic acids is 1. The summed E-state index contributed by atoms with van der Waals surface area (Å²) in [6, 6.07) is 5.30. The Kier molecular flexibility index (Phi) is 2.59. The van der Waals surface area contributed by atoms with E-state index in [2.05, 4.69) is 15.1 Å². The van der Waals surface area contributed by atoms with Gasteiger partial charge in [-0.1, -0.05) is 6.07 Å². The van der Waals surface area contributed by atoms with Crippen LogP contribution in [0.4, 0.5) is 11.4 Å². The van der Waals surface area contributed by atoms with E-state index in [4.69, 9.17) is 11.5 Å². The molecule has 2 heterocycles. The molecule has 1 amide bonds. The molecule has 7 nitrogen and oxygen atoms in total. The second-order valence-electron chi connectivity index (χ2n) is 4.46. The molecule has 98 valence electrons.